The molecule has 0 aliphatic carbocycles. The van der Waals surface area contributed by atoms with Gasteiger partial charge >= 0.3 is 0 Å². The lowest BCUT2D eigenvalue weighted by Gasteiger charge is -2.32. The lowest BCUT2D eigenvalue weighted by Crippen LogP contribution is -2.33. The van der Waals surface area contributed by atoms with Crippen molar-refractivity contribution in [3.63, 3.8) is 0 Å². The van der Waals surface area contributed by atoms with Crippen molar-refractivity contribution in [1.29, 1.82) is 0 Å². The molecule has 0 heterocycles. The van der Waals surface area contributed by atoms with E-state index in [1.54, 1.807) is 0 Å². The highest BCUT2D eigenvalue weighted by Gasteiger charge is 2.15. The predicted octanol–water partition coefficient (Wildman–Crippen LogP) is 4.36. The van der Waals surface area contributed by atoms with Gasteiger partial charge in [-0.1, -0.05) is 26.3 Å². The highest BCUT2D eigenvalue weighted by molar-refractivity contribution is 9.10. The molecule has 0 fully saturated rings. The van der Waals surface area contributed by atoms with Gasteiger partial charge in [0.25, 0.3) is 0 Å². The van der Waals surface area contributed by atoms with E-state index in [1.165, 1.54) is 35.0 Å². The first-order valence-corrected chi connectivity index (χ1v) is 8.18. The van der Waals surface area contributed by atoms with Crippen LogP contribution in [0.3, 0.4) is 0 Å². The zero-order chi connectivity index (χ0) is 14.3. The fourth-order valence-electron chi connectivity index (χ4n) is 2.23. The summed E-state index contributed by atoms with van der Waals surface area (Å²) in [5, 5.41) is 0. The van der Waals surface area contributed by atoms with Crippen LogP contribution in [0.25, 0.3) is 0 Å². The molecule has 0 bridgehead atoms. The van der Waals surface area contributed by atoms with Crippen LogP contribution < -0.4 is 10.6 Å². The summed E-state index contributed by atoms with van der Waals surface area (Å²) in [6.45, 7) is 8.63. The summed E-state index contributed by atoms with van der Waals surface area (Å²) >= 11 is 3.72. The summed E-state index contributed by atoms with van der Waals surface area (Å²) < 4.78 is 1.19. The normalized spacial score (nSPS) is 12.5. The minimum Gasteiger partial charge on any atom is -0.368 e. The van der Waals surface area contributed by atoms with Crippen molar-refractivity contribution in [2.45, 2.75) is 52.5 Å². The van der Waals surface area contributed by atoms with E-state index >= 15 is 0 Å². The van der Waals surface area contributed by atoms with Crippen molar-refractivity contribution in [2.75, 3.05) is 18.0 Å². The second-order valence-electron chi connectivity index (χ2n) is 5.13. The van der Waals surface area contributed by atoms with E-state index in [0.717, 1.165) is 13.0 Å². The lowest BCUT2D eigenvalue weighted by molar-refractivity contribution is 0.595. The van der Waals surface area contributed by atoms with Crippen LogP contribution in [0, 0.1) is 0 Å². The van der Waals surface area contributed by atoms with Crippen molar-refractivity contribution in [3.05, 3.63) is 28.2 Å². The van der Waals surface area contributed by atoms with E-state index in [4.69, 9.17) is 5.73 Å². The van der Waals surface area contributed by atoms with Crippen LogP contribution in [0.2, 0.25) is 0 Å². The topological polar surface area (TPSA) is 29.3 Å². The highest BCUT2D eigenvalue weighted by atomic mass is 79.9. The first kappa shape index (κ1) is 16.5. The SMILES string of the molecule is CCCCN(c1ccc(CCN)cc1Br)C(C)CC. The fraction of sp³-hybridized carbons (Fsp3) is 0.625. The zero-order valence-electron chi connectivity index (χ0n) is 12.5. The summed E-state index contributed by atoms with van der Waals surface area (Å²) in [7, 11) is 0. The molecule has 1 atom stereocenters. The zero-order valence-corrected chi connectivity index (χ0v) is 14.0. The Balaban J connectivity index is 2.94. The predicted molar refractivity (Wildman–Crippen MR) is 88.9 cm³/mol. The van der Waals surface area contributed by atoms with Crippen LogP contribution in [0.15, 0.2) is 22.7 Å². The van der Waals surface area contributed by atoms with Gasteiger partial charge in [-0.25, -0.2) is 0 Å². The Morgan fingerprint density at radius 1 is 1.32 bits per heavy atom. The van der Waals surface area contributed by atoms with Crippen molar-refractivity contribution < 1.29 is 0 Å². The number of unbranched alkanes of at least 4 members (excludes halogenated alkanes) is 1. The molecule has 1 aromatic carbocycles. The number of benzene rings is 1. The number of rotatable bonds is 8. The number of nitrogens with two attached hydrogens (primary N) is 1. The molecular formula is C16H27BrN2. The molecule has 2 N–H and O–H groups in total. The molecule has 3 heteroatoms. The third kappa shape index (κ3) is 4.81. The smallest absolute Gasteiger partial charge is 0.0513 e. The Bertz CT molecular complexity index is 379. The van der Waals surface area contributed by atoms with Gasteiger partial charge in [0.15, 0.2) is 0 Å². The Morgan fingerprint density at radius 2 is 2.05 bits per heavy atom. The number of nitrogens with zero attached hydrogens (tertiary/aromatic N) is 1. The number of hydrogen-bond donors (Lipinski definition) is 1. The van der Waals surface area contributed by atoms with Crippen LogP contribution >= 0.6 is 15.9 Å². The number of halogens is 1. The van der Waals surface area contributed by atoms with Gasteiger partial charge in [-0.15, -0.1) is 0 Å². The highest BCUT2D eigenvalue weighted by Crippen LogP contribution is 2.30. The molecule has 0 spiro atoms. The third-order valence-electron chi connectivity index (χ3n) is 3.63. The molecule has 2 nitrogen and oxygen atoms in total. The van der Waals surface area contributed by atoms with Crippen molar-refractivity contribution in [1.82, 2.24) is 0 Å². The summed E-state index contributed by atoms with van der Waals surface area (Å²) in [6, 6.07) is 7.22. The van der Waals surface area contributed by atoms with Gasteiger partial charge in [-0.3, -0.25) is 0 Å². The standard InChI is InChI=1S/C16H27BrN2/c1-4-6-11-19(13(3)5-2)16-8-7-14(9-10-18)12-15(16)17/h7-8,12-13H,4-6,9-11,18H2,1-3H3. The summed E-state index contributed by atoms with van der Waals surface area (Å²) in [5.41, 5.74) is 8.23. The average molecular weight is 327 g/mol. The molecule has 0 saturated heterocycles. The Hall–Kier alpha value is -0.540. The maximum atomic E-state index is 5.62. The minimum absolute atomic E-state index is 0.572. The van der Waals surface area contributed by atoms with Crippen LogP contribution in [0.4, 0.5) is 5.69 Å². The molecule has 0 radical (unpaired) electrons. The maximum absolute atomic E-state index is 5.62. The summed E-state index contributed by atoms with van der Waals surface area (Å²) in [4.78, 5) is 2.51. The summed E-state index contributed by atoms with van der Waals surface area (Å²) in [6.07, 6.45) is 4.58. The quantitative estimate of drug-likeness (QED) is 0.769. The molecular weight excluding hydrogens is 300 g/mol. The van der Waals surface area contributed by atoms with Gasteiger partial charge in [0.2, 0.25) is 0 Å². The van der Waals surface area contributed by atoms with Crippen molar-refractivity contribution in [3.8, 4) is 0 Å². The number of anilines is 1. The van der Waals surface area contributed by atoms with Gasteiger partial charge in [-0.2, -0.15) is 0 Å². The van der Waals surface area contributed by atoms with Crippen molar-refractivity contribution in [2.24, 2.45) is 5.73 Å². The van der Waals surface area contributed by atoms with Gasteiger partial charge in [0.1, 0.15) is 0 Å². The van der Waals surface area contributed by atoms with Gasteiger partial charge in [0, 0.05) is 17.1 Å². The second-order valence-corrected chi connectivity index (χ2v) is 5.98. The minimum atomic E-state index is 0.572. The molecule has 0 aliphatic rings. The molecule has 0 amide bonds. The summed E-state index contributed by atoms with van der Waals surface area (Å²) in [5.74, 6) is 0. The van der Waals surface area contributed by atoms with Gasteiger partial charge < -0.3 is 10.6 Å². The first-order chi connectivity index (χ1) is 9.13. The van der Waals surface area contributed by atoms with Crippen LogP contribution in [-0.2, 0) is 6.42 Å². The molecule has 0 aliphatic heterocycles. The van der Waals surface area contributed by atoms with E-state index in [9.17, 15) is 0 Å². The molecule has 1 aromatic rings. The maximum Gasteiger partial charge on any atom is 0.0513 e. The molecule has 1 unspecified atom stereocenters. The molecule has 1 rings (SSSR count). The Labute approximate surface area is 126 Å². The van der Waals surface area contributed by atoms with Crippen molar-refractivity contribution >= 4 is 21.6 Å². The van der Waals surface area contributed by atoms with E-state index in [2.05, 4.69) is 59.8 Å². The second kappa shape index (κ2) is 8.60. The Morgan fingerprint density at radius 3 is 2.58 bits per heavy atom. The van der Waals surface area contributed by atoms with Gasteiger partial charge in [0.05, 0.1) is 5.69 Å². The molecule has 0 aromatic heterocycles. The van der Waals surface area contributed by atoms with E-state index in [0.29, 0.717) is 12.6 Å². The van der Waals surface area contributed by atoms with Crippen LogP contribution in [0.1, 0.15) is 45.6 Å². The molecule has 19 heavy (non-hydrogen) atoms. The molecule has 0 saturated carbocycles. The monoisotopic (exact) mass is 326 g/mol. The van der Waals surface area contributed by atoms with Crippen LogP contribution in [0.5, 0.6) is 0 Å². The third-order valence-corrected chi connectivity index (χ3v) is 4.27. The van der Waals surface area contributed by atoms with E-state index in [-0.39, 0.29) is 0 Å². The van der Waals surface area contributed by atoms with Gasteiger partial charge in [-0.05, 0) is 66.4 Å². The van der Waals surface area contributed by atoms with E-state index < -0.39 is 0 Å². The fourth-order valence-corrected chi connectivity index (χ4v) is 2.89. The lowest BCUT2D eigenvalue weighted by atomic mass is 10.1. The van der Waals surface area contributed by atoms with E-state index in [1.807, 2.05) is 0 Å². The average Bonchev–Trinajstić information content (AvgIpc) is 2.41. The Kier molecular flexibility index (Phi) is 7.47. The molecule has 108 valence electrons. The largest absolute Gasteiger partial charge is 0.368 e. The first-order valence-electron chi connectivity index (χ1n) is 7.39. The number of hydrogen-bond acceptors (Lipinski definition) is 2. The van der Waals surface area contributed by atoms with Crippen LogP contribution in [-0.4, -0.2) is 19.1 Å².